The van der Waals surface area contributed by atoms with Crippen LogP contribution >= 0.6 is 0 Å². The first-order valence-corrected chi connectivity index (χ1v) is 5.72. The van der Waals surface area contributed by atoms with Gasteiger partial charge in [0.25, 0.3) is 5.91 Å². The van der Waals surface area contributed by atoms with Crippen LogP contribution in [-0.4, -0.2) is 35.1 Å². The summed E-state index contributed by atoms with van der Waals surface area (Å²) >= 11 is 0. The predicted octanol–water partition coefficient (Wildman–Crippen LogP) is 1.38. The number of methoxy groups -OCH3 is 1. The highest BCUT2D eigenvalue weighted by Crippen LogP contribution is 2.25. The molecule has 0 aliphatic rings. The van der Waals surface area contributed by atoms with Gasteiger partial charge in [0.1, 0.15) is 17.5 Å². The fraction of sp³-hybridized carbons (Fsp3) is 0.231. The molecule has 0 radical (unpaired) electrons. The van der Waals surface area contributed by atoms with Crippen LogP contribution in [0.1, 0.15) is 17.4 Å². The van der Waals surface area contributed by atoms with Gasteiger partial charge in [-0.25, -0.2) is 0 Å². The molecule has 100 valence electrons. The molecule has 3 N–H and O–H groups in total. The fourth-order valence-electron chi connectivity index (χ4n) is 1.76. The summed E-state index contributed by atoms with van der Waals surface area (Å²) in [4.78, 5) is 25.5. The molecule has 1 heterocycles. The third-order valence-electron chi connectivity index (χ3n) is 2.81. The molecule has 0 saturated carbocycles. The topological polar surface area (TPSA) is 91.4 Å². The number of aromatic nitrogens is 1. The van der Waals surface area contributed by atoms with E-state index < -0.39 is 17.9 Å². The van der Waals surface area contributed by atoms with Gasteiger partial charge in [0.2, 0.25) is 0 Å². The molecule has 2 aromatic rings. The van der Waals surface area contributed by atoms with Gasteiger partial charge in [-0.1, -0.05) is 6.07 Å². The second-order valence-corrected chi connectivity index (χ2v) is 4.14. The average molecular weight is 262 g/mol. The number of fused-ring (bicyclic) bond motifs is 1. The van der Waals surface area contributed by atoms with Gasteiger partial charge in [-0.2, -0.15) is 0 Å². The number of carbonyl (C=O) groups is 2. The summed E-state index contributed by atoms with van der Waals surface area (Å²) in [6.07, 6.45) is 0. The Morgan fingerprint density at radius 3 is 2.79 bits per heavy atom. The number of ether oxygens (including phenoxy) is 1. The lowest BCUT2D eigenvalue weighted by Gasteiger charge is -2.07. The zero-order valence-electron chi connectivity index (χ0n) is 10.6. The molecule has 1 aromatic carbocycles. The number of aliphatic carboxylic acids is 1. The fourth-order valence-corrected chi connectivity index (χ4v) is 1.76. The molecule has 1 unspecified atom stereocenters. The lowest BCUT2D eigenvalue weighted by Crippen LogP contribution is -2.38. The number of carboxylic acids is 1. The van der Waals surface area contributed by atoms with Crippen molar-refractivity contribution in [2.75, 3.05) is 7.11 Å². The zero-order chi connectivity index (χ0) is 14.0. The van der Waals surface area contributed by atoms with Crippen molar-refractivity contribution >= 4 is 22.8 Å². The molecule has 0 fully saturated rings. The highest BCUT2D eigenvalue weighted by Gasteiger charge is 2.17. The molecule has 1 aromatic heterocycles. The molecule has 0 saturated heterocycles. The van der Waals surface area contributed by atoms with Crippen LogP contribution in [0.15, 0.2) is 24.3 Å². The summed E-state index contributed by atoms with van der Waals surface area (Å²) in [5.74, 6) is -0.894. The van der Waals surface area contributed by atoms with E-state index in [0.29, 0.717) is 11.4 Å². The van der Waals surface area contributed by atoms with Gasteiger partial charge in [-0.05, 0) is 25.1 Å². The third kappa shape index (κ3) is 2.52. The number of hydrogen-bond acceptors (Lipinski definition) is 3. The van der Waals surface area contributed by atoms with Crippen molar-refractivity contribution in [1.82, 2.24) is 10.3 Å². The highest BCUT2D eigenvalue weighted by molar-refractivity contribution is 6.00. The van der Waals surface area contributed by atoms with Crippen LogP contribution in [0.25, 0.3) is 10.9 Å². The molecule has 2 rings (SSSR count). The normalized spacial score (nSPS) is 12.1. The average Bonchev–Trinajstić information content (AvgIpc) is 2.82. The number of carbonyl (C=O) groups excluding carboxylic acids is 1. The lowest BCUT2D eigenvalue weighted by atomic mass is 10.2. The summed E-state index contributed by atoms with van der Waals surface area (Å²) < 4.78 is 5.19. The van der Waals surface area contributed by atoms with Crippen LogP contribution in [0, 0.1) is 0 Å². The predicted molar refractivity (Wildman–Crippen MR) is 69.4 cm³/mol. The molecular weight excluding hydrogens is 248 g/mol. The Balaban J connectivity index is 2.31. The number of benzene rings is 1. The van der Waals surface area contributed by atoms with Crippen molar-refractivity contribution in [1.29, 1.82) is 0 Å². The minimum absolute atomic E-state index is 0.299. The number of amides is 1. The second kappa shape index (κ2) is 5.01. The van der Waals surface area contributed by atoms with Crippen molar-refractivity contribution in [3.8, 4) is 5.75 Å². The number of hydrogen-bond donors (Lipinski definition) is 3. The smallest absolute Gasteiger partial charge is 0.325 e. The van der Waals surface area contributed by atoms with Gasteiger partial charge in [0.15, 0.2) is 0 Å². The second-order valence-electron chi connectivity index (χ2n) is 4.14. The van der Waals surface area contributed by atoms with Crippen molar-refractivity contribution in [3.63, 3.8) is 0 Å². The number of aromatic amines is 1. The van der Waals surface area contributed by atoms with E-state index >= 15 is 0 Å². The SMILES string of the molecule is COc1cccc2[nH]c(C(=O)NC(C)C(=O)O)cc12. The first-order valence-electron chi connectivity index (χ1n) is 5.72. The van der Waals surface area contributed by atoms with Crippen LogP contribution in [0.3, 0.4) is 0 Å². The van der Waals surface area contributed by atoms with E-state index in [1.807, 2.05) is 6.07 Å². The van der Waals surface area contributed by atoms with E-state index in [2.05, 4.69) is 10.3 Å². The molecule has 0 spiro atoms. The Morgan fingerprint density at radius 2 is 2.16 bits per heavy atom. The molecule has 6 nitrogen and oxygen atoms in total. The maximum Gasteiger partial charge on any atom is 0.325 e. The minimum atomic E-state index is -1.08. The summed E-state index contributed by atoms with van der Waals surface area (Å²) in [5.41, 5.74) is 1.06. The summed E-state index contributed by atoms with van der Waals surface area (Å²) in [5, 5.41) is 11.9. The van der Waals surface area contributed by atoms with E-state index in [1.54, 1.807) is 25.3 Å². The van der Waals surface area contributed by atoms with Crippen LogP contribution in [0.2, 0.25) is 0 Å². The first-order chi connectivity index (χ1) is 9.02. The van der Waals surface area contributed by atoms with Crippen LogP contribution in [0.4, 0.5) is 0 Å². The number of H-pyrrole nitrogens is 1. The Labute approximate surface area is 109 Å². The molecule has 1 atom stereocenters. The Bertz CT molecular complexity index is 633. The molecule has 0 aliphatic heterocycles. The van der Waals surface area contributed by atoms with Gasteiger partial charge < -0.3 is 20.1 Å². The van der Waals surface area contributed by atoms with E-state index in [1.165, 1.54) is 6.92 Å². The molecule has 1 amide bonds. The van der Waals surface area contributed by atoms with Crippen LogP contribution < -0.4 is 10.1 Å². The van der Waals surface area contributed by atoms with Crippen molar-refractivity contribution in [2.45, 2.75) is 13.0 Å². The minimum Gasteiger partial charge on any atom is -0.496 e. The summed E-state index contributed by atoms with van der Waals surface area (Å²) in [6.45, 7) is 1.41. The van der Waals surface area contributed by atoms with Gasteiger partial charge in [-0.15, -0.1) is 0 Å². The largest absolute Gasteiger partial charge is 0.496 e. The first kappa shape index (κ1) is 12.9. The number of nitrogens with one attached hydrogen (secondary N) is 2. The molecule has 19 heavy (non-hydrogen) atoms. The van der Waals surface area contributed by atoms with E-state index in [0.717, 1.165) is 10.9 Å². The quantitative estimate of drug-likeness (QED) is 0.776. The summed E-state index contributed by atoms with van der Waals surface area (Å²) in [6, 6.07) is 6.10. The van der Waals surface area contributed by atoms with Crippen LogP contribution in [-0.2, 0) is 4.79 Å². The summed E-state index contributed by atoms with van der Waals surface area (Å²) in [7, 11) is 1.55. The third-order valence-corrected chi connectivity index (χ3v) is 2.81. The standard InChI is InChI=1S/C13H14N2O4/c1-7(13(17)18)14-12(16)10-6-8-9(15-10)4-3-5-11(8)19-2/h3-7,15H,1-2H3,(H,14,16)(H,17,18). The number of rotatable bonds is 4. The molecule has 6 heteroatoms. The van der Waals surface area contributed by atoms with Gasteiger partial charge in [0, 0.05) is 10.9 Å². The molecule has 0 bridgehead atoms. The van der Waals surface area contributed by atoms with E-state index in [-0.39, 0.29) is 0 Å². The van der Waals surface area contributed by atoms with Gasteiger partial charge in [-0.3, -0.25) is 9.59 Å². The van der Waals surface area contributed by atoms with Gasteiger partial charge in [0.05, 0.1) is 7.11 Å². The Kier molecular flexibility index (Phi) is 3.41. The molecule has 0 aliphatic carbocycles. The van der Waals surface area contributed by atoms with Crippen molar-refractivity contribution in [2.24, 2.45) is 0 Å². The highest BCUT2D eigenvalue weighted by atomic mass is 16.5. The van der Waals surface area contributed by atoms with E-state index in [9.17, 15) is 9.59 Å². The zero-order valence-corrected chi connectivity index (χ0v) is 10.6. The monoisotopic (exact) mass is 262 g/mol. The lowest BCUT2D eigenvalue weighted by molar-refractivity contribution is -0.138. The van der Waals surface area contributed by atoms with Crippen molar-refractivity contribution < 1.29 is 19.4 Å². The maximum atomic E-state index is 11.9. The molecular formula is C13H14N2O4. The Morgan fingerprint density at radius 1 is 1.42 bits per heavy atom. The Hall–Kier alpha value is -2.50. The van der Waals surface area contributed by atoms with Crippen molar-refractivity contribution in [3.05, 3.63) is 30.0 Å². The van der Waals surface area contributed by atoms with E-state index in [4.69, 9.17) is 9.84 Å². The maximum absolute atomic E-state index is 11.9. The number of carboxylic acid groups (broad SMARTS) is 1. The van der Waals surface area contributed by atoms with Crippen LogP contribution in [0.5, 0.6) is 5.75 Å². The van der Waals surface area contributed by atoms with Gasteiger partial charge >= 0.3 is 5.97 Å².